The van der Waals surface area contributed by atoms with Crippen molar-refractivity contribution in [2.75, 3.05) is 39.3 Å². The van der Waals surface area contributed by atoms with Crippen LogP contribution in [0.1, 0.15) is 55.5 Å². The Morgan fingerprint density at radius 2 is 1.67 bits per heavy atom. The van der Waals surface area contributed by atoms with Crippen molar-refractivity contribution in [2.45, 2.75) is 57.4 Å². The highest BCUT2D eigenvalue weighted by molar-refractivity contribution is 7.09. The van der Waals surface area contributed by atoms with Crippen LogP contribution in [0.25, 0.3) is 0 Å². The number of hydrogen-bond acceptors (Lipinski definition) is 8. The van der Waals surface area contributed by atoms with E-state index in [9.17, 15) is 29.4 Å². The molecule has 11 nitrogen and oxygen atoms in total. The molecule has 3 aliphatic rings. The van der Waals surface area contributed by atoms with E-state index in [2.05, 4.69) is 22.1 Å². The summed E-state index contributed by atoms with van der Waals surface area (Å²) in [5.74, 6) is -4.05. The molecule has 5 rings (SSSR count). The number of aliphatic carboxylic acids is 2. The number of benzene rings is 1. The van der Waals surface area contributed by atoms with Crippen molar-refractivity contribution in [1.82, 2.24) is 25.0 Å². The summed E-state index contributed by atoms with van der Waals surface area (Å²) in [4.78, 5) is 61.6. The Hall–Kier alpha value is -3.45. The monoisotopic (exact) mass is 689 g/mol. The fourth-order valence-electron chi connectivity index (χ4n) is 6.51. The standard InChI is InChI=1S/C32H37Cl2N5O6S/c1-19-6-9-25(40)39(19)12-3-11-37-13-15-38(16-14-37)26(41)18-23-29(32(44)45)30(27-20(33)4-2-5-21(27)34)28(31(42)43)22(36-23)7-8-24-35-10-17-46-24/h2,4-5,10,17,19,30,36H,3,6-9,11-16,18H2,1H3,(H,42,43)(H,44,45). The Bertz CT molecular complexity index is 1530. The number of nitrogens with one attached hydrogen (secondary N) is 1. The zero-order chi connectivity index (χ0) is 33.0. The molecule has 0 saturated carbocycles. The minimum absolute atomic E-state index is 0.115. The van der Waals surface area contributed by atoms with E-state index < -0.39 is 17.9 Å². The molecular weight excluding hydrogens is 653 g/mol. The summed E-state index contributed by atoms with van der Waals surface area (Å²) in [6.07, 6.45) is 4.41. The van der Waals surface area contributed by atoms with Crippen LogP contribution in [0, 0.1) is 0 Å². The van der Waals surface area contributed by atoms with Crippen molar-refractivity contribution in [1.29, 1.82) is 0 Å². The SMILES string of the molecule is CC1CCC(=O)N1CCCN1CCN(C(=O)CC2=C(C(=O)O)C(c3c(Cl)cccc3Cl)C(C(=O)O)=C(CCc3nccs3)N2)CC1. The molecule has 0 aliphatic carbocycles. The number of rotatable bonds is 12. The van der Waals surface area contributed by atoms with E-state index in [1.807, 2.05) is 10.3 Å². The lowest BCUT2D eigenvalue weighted by molar-refractivity contribution is -0.133. The molecular formula is C32H37Cl2N5O6S. The van der Waals surface area contributed by atoms with Gasteiger partial charge in [-0.05, 0) is 44.9 Å². The van der Waals surface area contributed by atoms with Gasteiger partial charge in [-0.1, -0.05) is 29.3 Å². The zero-order valence-electron chi connectivity index (χ0n) is 25.5. The number of piperazine rings is 1. The van der Waals surface area contributed by atoms with Gasteiger partial charge in [0.1, 0.15) is 0 Å². The normalized spacial score (nSPS) is 20.8. The van der Waals surface area contributed by atoms with Gasteiger partial charge in [-0.15, -0.1) is 11.3 Å². The van der Waals surface area contributed by atoms with Crippen molar-refractivity contribution in [2.24, 2.45) is 0 Å². The average molecular weight is 691 g/mol. The number of aromatic nitrogens is 1. The molecule has 14 heteroatoms. The summed E-state index contributed by atoms with van der Waals surface area (Å²) < 4.78 is 0. The van der Waals surface area contributed by atoms with Crippen molar-refractivity contribution >= 4 is 58.3 Å². The van der Waals surface area contributed by atoms with Crippen LogP contribution in [0.5, 0.6) is 0 Å². The highest BCUT2D eigenvalue weighted by atomic mass is 35.5. The van der Waals surface area contributed by atoms with Crippen LogP contribution in [-0.4, -0.2) is 99.0 Å². The number of thiazole rings is 1. The lowest BCUT2D eigenvalue weighted by Gasteiger charge is -2.36. The number of likely N-dealkylation sites (tertiary alicyclic amines) is 1. The molecule has 1 aromatic carbocycles. The number of allylic oxidation sites excluding steroid dienone is 1. The lowest BCUT2D eigenvalue weighted by Crippen LogP contribution is -2.49. The maximum absolute atomic E-state index is 13.6. The Balaban J connectivity index is 1.35. The number of halogens is 2. The zero-order valence-corrected chi connectivity index (χ0v) is 27.8. The number of carboxylic acids is 2. The van der Waals surface area contributed by atoms with Gasteiger partial charge in [-0.25, -0.2) is 14.6 Å². The van der Waals surface area contributed by atoms with Crippen LogP contribution in [0.4, 0.5) is 0 Å². The molecule has 3 aliphatic heterocycles. The molecule has 0 bridgehead atoms. The average Bonchev–Trinajstić information content (AvgIpc) is 3.65. The number of carboxylic acid groups (broad SMARTS) is 2. The van der Waals surface area contributed by atoms with Gasteiger partial charge in [0, 0.05) is 90.2 Å². The van der Waals surface area contributed by atoms with Gasteiger partial charge in [0.05, 0.1) is 28.5 Å². The summed E-state index contributed by atoms with van der Waals surface area (Å²) in [7, 11) is 0. The molecule has 4 heterocycles. The number of carbonyl (C=O) groups excluding carboxylic acids is 2. The number of dihydropyridines is 1. The molecule has 0 radical (unpaired) electrons. The molecule has 1 aromatic heterocycles. The molecule has 246 valence electrons. The summed E-state index contributed by atoms with van der Waals surface area (Å²) >= 11 is 14.5. The third-order valence-corrected chi connectivity index (χ3v) is 10.4. The predicted octanol–water partition coefficient (Wildman–Crippen LogP) is 4.38. The maximum atomic E-state index is 13.6. The van der Waals surface area contributed by atoms with Crippen LogP contribution in [0.2, 0.25) is 10.0 Å². The largest absolute Gasteiger partial charge is 0.478 e. The van der Waals surface area contributed by atoms with Gasteiger partial charge in [0.2, 0.25) is 11.8 Å². The topological polar surface area (TPSA) is 143 Å². The van der Waals surface area contributed by atoms with E-state index >= 15 is 0 Å². The van der Waals surface area contributed by atoms with Crippen molar-refractivity contribution < 1.29 is 29.4 Å². The van der Waals surface area contributed by atoms with Gasteiger partial charge >= 0.3 is 11.9 Å². The molecule has 2 amide bonds. The number of amides is 2. The number of aryl methyl sites for hydroxylation is 1. The van der Waals surface area contributed by atoms with Gasteiger partial charge in [-0.3, -0.25) is 14.5 Å². The second-order valence-corrected chi connectivity index (χ2v) is 13.5. The Labute approximate surface area is 281 Å². The summed E-state index contributed by atoms with van der Waals surface area (Å²) in [6.45, 7) is 5.89. The Morgan fingerprint density at radius 1 is 1.00 bits per heavy atom. The van der Waals surface area contributed by atoms with E-state index in [1.165, 1.54) is 23.5 Å². The predicted molar refractivity (Wildman–Crippen MR) is 175 cm³/mol. The minimum Gasteiger partial charge on any atom is -0.478 e. The molecule has 2 unspecified atom stereocenters. The highest BCUT2D eigenvalue weighted by Gasteiger charge is 2.41. The van der Waals surface area contributed by atoms with Crippen molar-refractivity contribution in [3.63, 3.8) is 0 Å². The molecule has 2 atom stereocenters. The number of hydrogen-bond donors (Lipinski definition) is 3. The Kier molecular flexibility index (Phi) is 11.0. The van der Waals surface area contributed by atoms with Crippen LogP contribution in [0.3, 0.4) is 0 Å². The molecule has 3 N–H and O–H groups in total. The van der Waals surface area contributed by atoms with Gasteiger partial charge in [0.15, 0.2) is 0 Å². The molecule has 2 aromatic rings. The highest BCUT2D eigenvalue weighted by Crippen LogP contribution is 2.45. The quantitative estimate of drug-likeness (QED) is 0.296. The van der Waals surface area contributed by atoms with Crippen molar-refractivity contribution in [3.05, 3.63) is 72.9 Å². The summed E-state index contributed by atoms with van der Waals surface area (Å²) in [5.41, 5.74) is 0.107. The first-order valence-corrected chi connectivity index (χ1v) is 17.0. The molecule has 0 spiro atoms. The van der Waals surface area contributed by atoms with Crippen LogP contribution in [0.15, 0.2) is 52.3 Å². The number of nitrogens with zero attached hydrogens (tertiary/aromatic N) is 4. The second kappa shape index (κ2) is 15.0. The van der Waals surface area contributed by atoms with Crippen molar-refractivity contribution in [3.8, 4) is 0 Å². The summed E-state index contributed by atoms with van der Waals surface area (Å²) in [5, 5.41) is 26.8. The fourth-order valence-corrected chi connectivity index (χ4v) is 7.74. The maximum Gasteiger partial charge on any atom is 0.334 e. The molecule has 2 saturated heterocycles. The molecule has 2 fully saturated rings. The fraction of sp³-hybridized carbons (Fsp3) is 0.469. The Morgan fingerprint density at radius 3 is 2.26 bits per heavy atom. The minimum atomic E-state index is -1.37. The second-order valence-electron chi connectivity index (χ2n) is 11.7. The van der Waals surface area contributed by atoms with Gasteiger partial charge in [0.25, 0.3) is 0 Å². The van der Waals surface area contributed by atoms with E-state index in [1.54, 1.807) is 17.2 Å². The van der Waals surface area contributed by atoms with E-state index in [4.69, 9.17) is 23.2 Å². The van der Waals surface area contributed by atoms with E-state index in [0.29, 0.717) is 39.0 Å². The molecule has 46 heavy (non-hydrogen) atoms. The van der Waals surface area contributed by atoms with E-state index in [-0.39, 0.29) is 68.8 Å². The first-order valence-electron chi connectivity index (χ1n) is 15.4. The van der Waals surface area contributed by atoms with Gasteiger partial charge in [-0.2, -0.15) is 0 Å². The lowest BCUT2D eigenvalue weighted by atomic mass is 9.79. The first-order chi connectivity index (χ1) is 22.0. The third-order valence-electron chi connectivity index (χ3n) is 8.91. The first kappa shape index (κ1) is 33.9. The third kappa shape index (κ3) is 7.57. The van der Waals surface area contributed by atoms with E-state index in [0.717, 1.165) is 30.9 Å². The van der Waals surface area contributed by atoms with Gasteiger partial charge < -0.3 is 25.3 Å². The summed E-state index contributed by atoms with van der Waals surface area (Å²) in [6, 6.07) is 4.95. The van der Waals surface area contributed by atoms with Crippen LogP contribution in [-0.2, 0) is 25.6 Å². The smallest absolute Gasteiger partial charge is 0.334 e. The van der Waals surface area contributed by atoms with Crippen LogP contribution >= 0.6 is 34.5 Å². The number of carbonyl (C=O) groups is 4. The van der Waals surface area contributed by atoms with Crippen LogP contribution < -0.4 is 5.32 Å².